The van der Waals surface area contributed by atoms with Crippen LogP contribution >= 0.6 is 0 Å². The van der Waals surface area contributed by atoms with Crippen LogP contribution in [0.1, 0.15) is 75.3 Å². The number of rotatable bonds is 6. The molecule has 1 aromatic rings. The molecule has 2 rings (SSSR count). The highest BCUT2D eigenvalue weighted by Gasteiger charge is 2.17. The molecular formula is C17H25NO. The minimum absolute atomic E-state index is 0.753. The first-order chi connectivity index (χ1) is 9.35. The Morgan fingerprint density at radius 2 is 1.84 bits per heavy atom. The third kappa shape index (κ3) is 3.82. The Morgan fingerprint density at radius 3 is 2.42 bits per heavy atom. The van der Waals surface area contributed by atoms with E-state index in [0.717, 1.165) is 30.0 Å². The maximum Gasteiger partial charge on any atom is 0.0867 e. The van der Waals surface area contributed by atoms with Gasteiger partial charge in [-0.05, 0) is 42.7 Å². The summed E-state index contributed by atoms with van der Waals surface area (Å²) in [6, 6.07) is 8.68. The van der Waals surface area contributed by atoms with E-state index in [-0.39, 0.29) is 0 Å². The highest BCUT2D eigenvalue weighted by molar-refractivity contribution is 6.00. The Labute approximate surface area is 116 Å². The van der Waals surface area contributed by atoms with E-state index in [1.807, 2.05) is 0 Å². The molecule has 0 saturated heterocycles. The van der Waals surface area contributed by atoms with Crippen molar-refractivity contribution in [1.82, 2.24) is 0 Å². The van der Waals surface area contributed by atoms with E-state index in [2.05, 4.69) is 36.3 Å². The van der Waals surface area contributed by atoms with E-state index in [1.54, 1.807) is 0 Å². The van der Waals surface area contributed by atoms with E-state index in [0.29, 0.717) is 0 Å². The first-order valence-corrected chi connectivity index (χ1v) is 7.66. The molecular weight excluding hydrogens is 234 g/mol. The second-order valence-corrected chi connectivity index (χ2v) is 5.61. The molecule has 0 aromatic heterocycles. The Hall–Kier alpha value is -1.31. The molecule has 0 heterocycles. The van der Waals surface area contributed by atoms with Crippen LogP contribution in [0.3, 0.4) is 0 Å². The summed E-state index contributed by atoms with van der Waals surface area (Å²) in [5.41, 5.74) is 3.35. The highest BCUT2D eigenvalue weighted by Crippen LogP contribution is 2.34. The van der Waals surface area contributed by atoms with Crippen LogP contribution in [0.5, 0.6) is 0 Å². The number of nitrogens with zero attached hydrogens (tertiary/aromatic N) is 1. The predicted molar refractivity (Wildman–Crippen MR) is 80.1 cm³/mol. The molecule has 1 fully saturated rings. The number of oxime groups is 1. The zero-order valence-corrected chi connectivity index (χ0v) is 11.9. The third-order valence-corrected chi connectivity index (χ3v) is 4.21. The molecule has 0 radical (unpaired) electrons. The molecule has 0 bridgehead atoms. The molecule has 0 unspecified atom stereocenters. The fraction of sp³-hybridized carbons (Fsp3) is 0.588. The molecule has 1 aliphatic carbocycles. The Morgan fingerprint density at radius 1 is 1.16 bits per heavy atom. The van der Waals surface area contributed by atoms with E-state index in [9.17, 15) is 0 Å². The molecule has 0 aliphatic heterocycles. The standard InChI is InChI=1S/C17H25NO/c1-2-3-4-9-17(18-19)16-12-10-15(11-13-16)14-7-5-6-8-14/h10-14,19H,2-9H2,1H3/b18-17+. The molecule has 1 aliphatic rings. The summed E-state index contributed by atoms with van der Waals surface area (Å²) in [6.45, 7) is 2.19. The summed E-state index contributed by atoms with van der Waals surface area (Å²) in [6.07, 6.45) is 9.75. The summed E-state index contributed by atoms with van der Waals surface area (Å²) in [5, 5.41) is 12.6. The van der Waals surface area contributed by atoms with Gasteiger partial charge in [-0.3, -0.25) is 0 Å². The van der Waals surface area contributed by atoms with E-state index in [1.165, 1.54) is 44.1 Å². The molecule has 2 heteroatoms. The van der Waals surface area contributed by atoms with Crippen molar-refractivity contribution in [2.75, 3.05) is 0 Å². The van der Waals surface area contributed by atoms with E-state index in [4.69, 9.17) is 5.21 Å². The number of hydrogen-bond acceptors (Lipinski definition) is 2. The number of hydrogen-bond donors (Lipinski definition) is 1. The fourth-order valence-electron chi connectivity index (χ4n) is 3.00. The van der Waals surface area contributed by atoms with Crippen LogP contribution in [0, 0.1) is 0 Å². The van der Waals surface area contributed by atoms with Crippen LogP contribution in [0.25, 0.3) is 0 Å². The van der Waals surface area contributed by atoms with Gasteiger partial charge >= 0.3 is 0 Å². The van der Waals surface area contributed by atoms with Crippen molar-refractivity contribution in [3.63, 3.8) is 0 Å². The average Bonchev–Trinajstić information content (AvgIpc) is 2.98. The van der Waals surface area contributed by atoms with Crippen molar-refractivity contribution in [2.45, 2.75) is 64.2 Å². The van der Waals surface area contributed by atoms with E-state index >= 15 is 0 Å². The Balaban J connectivity index is 1.99. The normalized spacial score (nSPS) is 17.0. The second-order valence-electron chi connectivity index (χ2n) is 5.61. The number of unbranched alkanes of at least 4 members (excludes halogenated alkanes) is 2. The van der Waals surface area contributed by atoms with Gasteiger partial charge in [0.25, 0.3) is 0 Å². The lowest BCUT2D eigenvalue weighted by molar-refractivity contribution is 0.317. The maximum absolute atomic E-state index is 9.15. The minimum atomic E-state index is 0.753. The van der Waals surface area contributed by atoms with Gasteiger partial charge in [-0.15, -0.1) is 0 Å². The van der Waals surface area contributed by atoms with Gasteiger partial charge in [-0.1, -0.05) is 62.0 Å². The molecule has 0 spiro atoms. The van der Waals surface area contributed by atoms with Crippen molar-refractivity contribution >= 4 is 5.71 Å². The Kier molecular flexibility index (Phi) is 5.44. The van der Waals surface area contributed by atoms with Crippen molar-refractivity contribution in [2.24, 2.45) is 5.16 Å². The van der Waals surface area contributed by atoms with Gasteiger partial charge in [0, 0.05) is 0 Å². The van der Waals surface area contributed by atoms with Crippen molar-refractivity contribution < 1.29 is 5.21 Å². The summed E-state index contributed by atoms with van der Waals surface area (Å²) >= 11 is 0. The van der Waals surface area contributed by atoms with Crippen LogP contribution in [0.15, 0.2) is 29.4 Å². The van der Waals surface area contributed by atoms with Gasteiger partial charge in [-0.2, -0.15) is 0 Å². The van der Waals surface area contributed by atoms with Crippen LogP contribution in [0.4, 0.5) is 0 Å². The van der Waals surface area contributed by atoms with Gasteiger partial charge in [0.05, 0.1) is 5.71 Å². The zero-order chi connectivity index (χ0) is 13.5. The van der Waals surface area contributed by atoms with Gasteiger partial charge in [0.15, 0.2) is 0 Å². The molecule has 0 amide bonds. The first kappa shape index (κ1) is 14.1. The summed E-state index contributed by atoms with van der Waals surface area (Å²) in [5.74, 6) is 0.753. The predicted octanol–water partition coefficient (Wildman–Crippen LogP) is 5.10. The SMILES string of the molecule is CCCCC/C(=N\O)c1ccc(C2CCCC2)cc1. The van der Waals surface area contributed by atoms with Gasteiger partial charge in [0.2, 0.25) is 0 Å². The molecule has 19 heavy (non-hydrogen) atoms. The molecule has 0 atom stereocenters. The lowest BCUT2D eigenvalue weighted by atomic mass is 9.95. The molecule has 1 N–H and O–H groups in total. The van der Waals surface area contributed by atoms with Crippen LogP contribution in [-0.2, 0) is 0 Å². The molecule has 104 valence electrons. The van der Waals surface area contributed by atoms with Gasteiger partial charge in [-0.25, -0.2) is 0 Å². The highest BCUT2D eigenvalue weighted by atomic mass is 16.4. The van der Waals surface area contributed by atoms with Crippen molar-refractivity contribution in [1.29, 1.82) is 0 Å². The molecule has 2 nitrogen and oxygen atoms in total. The van der Waals surface area contributed by atoms with Crippen LogP contribution in [-0.4, -0.2) is 10.9 Å². The fourth-order valence-corrected chi connectivity index (χ4v) is 3.00. The van der Waals surface area contributed by atoms with Crippen molar-refractivity contribution in [3.05, 3.63) is 35.4 Å². The summed E-state index contributed by atoms with van der Waals surface area (Å²) in [7, 11) is 0. The number of benzene rings is 1. The quantitative estimate of drug-likeness (QED) is 0.328. The second kappa shape index (κ2) is 7.32. The summed E-state index contributed by atoms with van der Waals surface area (Å²) in [4.78, 5) is 0. The third-order valence-electron chi connectivity index (χ3n) is 4.21. The largest absolute Gasteiger partial charge is 0.411 e. The zero-order valence-electron chi connectivity index (χ0n) is 11.9. The van der Waals surface area contributed by atoms with Crippen molar-refractivity contribution in [3.8, 4) is 0 Å². The van der Waals surface area contributed by atoms with Crippen LogP contribution < -0.4 is 0 Å². The van der Waals surface area contributed by atoms with Gasteiger partial charge < -0.3 is 5.21 Å². The monoisotopic (exact) mass is 259 g/mol. The topological polar surface area (TPSA) is 32.6 Å². The van der Waals surface area contributed by atoms with Gasteiger partial charge in [0.1, 0.15) is 0 Å². The molecule has 1 saturated carbocycles. The lowest BCUT2D eigenvalue weighted by Crippen LogP contribution is -2.02. The Bertz CT molecular complexity index is 402. The first-order valence-electron chi connectivity index (χ1n) is 7.66. The minimum Gasteiger partial charge on any atom is -0.411 e. The lowest BCUT2D eigenvalue weighted by Gasteiger charge is -2.11. The van der Waals surface area contributed by atoms with E-state index < -0.39 is 0 Å². The average molecular weight is 259 g/mol. The maximum atomic E-state index is 9.15. The smallest absolute Gasteiger partial charge is 0.0867 e. The van der Waals surface area contributed by atoms with Crippen LogP contribution in [0.2, 0.25) is 0 Å². The molecule has 1 aromatic carbocycles. The summed E-state index contributed by atoms with van der Waals surface area (Å²) < 4.78 is 0.